The van der Waals surface area contributed by atoms with E-state index < -0.39 is 0 Å². The van der Waals surface area contributed by atoms with Crippen LogP contribution in [0, 0.1) is 0 Å². The first kappa shape index (κ1) is 21.5. The summed E-state index contributed by atoms with van der Waals surface area (Å²) in [7, 11) is 0. The standard InChI is InChI=1S/C24H31N5O2/c1-16(2)29-23-21(13-26-29)20(12-22(27-23)19-8-6-5-7-9-19)24(30)25-10-11-28-14-17(3)31-18(4)15-28/h5-9,12-13,16-18H,10-11,14-15H2,1-4H3,(H,25,30). The zero-order chi connectivity index (χ0) is 22.0. The van der Waals surface area contributed by atoms with Gasteiger partial charge in [-0.05, 0) is 33.8 Å². The number of carbonyl (C=O) groups excluding carboxylic acids is 1. The van der Waals surface area contributed by atoms with Crippen molar-refractivity contribution >= 4 is 16.9 Å². The first-order valence-electron chi connectivity index (χ1n) is 11.0. The van der Waals surface area contributed by atoms with Crippen LogP contribution in [0.4, 0.5) is 0 Å². The molecule has 0 aliphatic carbocycles. The van der Waals surface area contributed by atoms with Gasteiger partial charge in [0.05, 0.1) is 35.0 Å². The molecule has 2 aromatic heterocycles. The molecule has 31 heavy (non-hydrogen) atoms. The van der Waals surface area contributed by atoms with Crippen molar-refractivity contribution in [2.75, 3.05) is 26.2 Å². The number of fused-ring (bicyclic) bond motifs is 1. The van der Waals surface area contributed by atoms with Crippen LogP contribution in [0.3, 0.4) is 0 Å². The maximum absolute atomic E-state index is 13.2. The summed E-state index contributed by atoms with van der Waals surface area (Å²) in [6.45, 7) is 11.5. The number of hydrogen-bond acceptors (Lipinski definition) is 5. The van der Waals surface area contributed by atoms with Gasteiger partial charge in [0.15, 0.2) is 5.65 Å². The van der Waals surface area contributed by atoms with Crippen molar-refractivity contribution in [3.63, 3.8) is 0 Å². The number of amides is 1. The quantitative estimate of drug-likeness (QED) is 0.659. The van der Waals surface area contributed by atoms with Crippen LogP contribution in [0.1, 0.15) is 44.1 Å². The van der Waals surface area contributed by atoms with E-state index in [1.54, 1.807) is 6.20 Å². The van der Waals surface area contributed by atoms with Gasteiger partial charge in [0, 0.05) is 37.8 Å². The predicted molar refractivity (Wildman–Crippen MR) is 122 cm³/mol. The van der Waals surface area contributed by atoms with E-state index in [0.717, 1.165) is 41.9 Å². The van der Waals surface area contributed by atoms with E-state index >= 15 is 0 Å². The molecule has 0 saturated carbocycles. The Morgan fingerprint density at radius 1 is 1.19 bits per heavy atom. The molecule has 1 amide bonds. The van der Waals surface area contributed by atoms with Gasteiger partial charge in [0.25, 0.3) is 5.91 Å². The zero-order valence-corrected chi connectivity index (χ0v) is 18.7. The van der Waals surface area contributed by atoms with Gasteiger partial charge in [-0.1, -0.05) is 30.3 Å². The second kappa shape index (κ2) is 9.16. The lowest BCUT2D eigenvalue weighted by Gasteiger charge is -2.35. The van der Waals surface area contributed by atoms with Crippen LogP contribution < -0.4 is 5.32 Å². The number of nitrogens with zero attached hydrogens (tertiary/aromatic N) is 4. The maximum Gasteiger partial charge on any atom is 0.252 e. The second-order valence-corrected chi connectivity index (χ2v) is 8.61. The Kier molecular flexibility index (Phi) is 6.34. The van der Waals surface area contributed by atoms with Gasteiger partial charge in [-0.3, -0.25) is 9.69 Å². The van der Waals surface area contributed by atoms with Crippen molar-refractivity contribution in [3.05, 3.63) is 48.2 Å². The minimum atomic E-state index is -0.0951. The number of morpholine rings is 1. The van der Waals surface area contributed by atoms with Gasteiger partial charge < -0.3 is 10.1 Å². The Bertz CT molecular complexity index is 1040. The molecule has 1 aromatic carbocycles. The third kappa shape index (κ3) is 4.78. The fourth-order valence-electron chi connectivity index (χ4n) is 4.23. The highest BCUT2D eigenvalue weighted by Gasteiger charge is 2.22. The van der Waals surface area contributed by atoms with Crippen molar-refractivity contribution in [1.29, 1.82) is 0 Å². The highest BCUT2D eigenvalue weighted by molar-refractivity contribution is 6.06. The van der Waals surface area contributed by atoms with Gasteiger partial charge in [-0.25, -0.2) is 9.67 Å². The van der Waals surface area contributed by atoms with Crippen LogP contribution in [0.15, 0.2) is 42.6 Å². The molecule has 3 heterocycles. The van der Waals surface area contributed by atoms with E-state index in [4.69, 9.17) is 9.72 Å². The molecule has 2 unspecified atom stereocenters. The minimum absolute atomic E-state index is 0.0951. The largest absolute Gasteiger partial charge is 0.373 e. The van der Waals surface area contributed by atoms with Gasteiger partial charge >= 0.3 is 0 Å². The van der Waals surface area contributed by atoms with Gasteiger partial charge in [-0.2, -0.15) is 5.10 Å². The average molecular weight is 422 g/mol. The molecule has 0 radical (unpaired) electrons. The first-order chi connectivity index (χ1) is 14.9. The zero-order valence-electron chi connectivity index (χ0n) is 18.7. The van der Waals surface area contributed by atoms with Gasteiger partial charge in [0.2, 0.25) is 0 Å². The van der Waals surface area contributed by atoms with E-state index in [-0.39, 0.29) is 24.2 Å². The summed E-state index contributed by atoms with van der Waals surface area (Å²) in [5, 5.41) is 8.37. The number of pyridine rings is 1. The fraction of sp³-hybridized carbons (Fsp3) is 0.458. The summed E-state index contributed by atoms with van der Waals surface area (Å²) in [5.74, 6) is -0.0951. The van der Waals surface area contributed by atoms with Gasteiger partial charge in [0.1, 0.15) is 0 Å². The third-order valence-electron chi connectivity index (χ3n) is 5.58. The lowest BCUT2D eigenvalue weighted by molar-refractivity contribution is -0.0672. The van der Waals surface area contributed by atoms with E-state index in [2.05, 4.69) is 43.0 Å². The second-order valence-electron chi connectivity index (χ2n) is 8.61. The van der Waals surface area contributed by atoms with E-state index in [9.17, 15) is 4.79 Å². The molecule has 7 nitrogen and oxygen atoms in total. The molecule has 164 valence electrons. The van der Waals surface area contributed by atoms with E-state index in [1.165, 1.54) is 0 Å². The summed E-state index contributed by atoms with van der Waals surface area (Å²) in [6, 6.07) is 12.0. The van der Waals surface area contributed by atoms with E-state index in [1.807, 2.05) is 41.1 Å². The highest BCUT2D eigenvalue weighted by Crippen LogP contribution is 2.26. The average Bonchev–Trinajstić information content (AvgIpc) is 3.17. The summed E-state index contributed by atoms with van der Waals surface area (Å²) in [4.78, 5) is 20.4. The maximum atomic E-state index is 13.2. The van der Waals surface area contributed by atoms with Crippen molar-refractivity contribution in [2.45, 2.75) is 45.9 Å². The van der Waals surface area contributed by atoms with E-state index in [0.29, 0.717) is 12.1 Å². The Balaban J connectivity index is 1.57. The SMILES string of the molecule is CC1CN(CCNC(=O)c2cc(-c3ccccc3)nc3c2cnn3C(C)C)CC(C)O1. The number of benzene rings is 1. The molecule has 0 bridgehead atoms. The third-order valence-corrected chi connectivity index (χ3v) is 5.58. The first-order valence-corrected chi connectivity index (χ1v) is 11.0. The topological polar surface area (TPSA) is 72.3 Å². The van der Waals surface area contributed by atoms with Crippen LogP contribution in [-0.2, 0) is 4.74 Å². The summed E-state index contributed by atoms with van der Waals surface area (Å²) in [5.41, 5.74) is 3.10. The van der Waals surface area contributed by atoms with Gasteiger partial charge in [-0.15, -0.1) is 0 Å². The van der Waals surface area contributed by atoms with Crippen LogP contribution in [-0.4, -0.2) is 64.0 Å². The normalized spacial score (nSPS) is 19.8. The molecule has 1 aliphatic rings. The number of carbonyl (C=O) groups is 1. The number of ether oxygens (including phenoxy) is 1. The number of aromatic nitrogens is 3. The minimum Gasteiger partial charge on any atom is -0.373 e. The Labute approximate surface area is 183 Å². The van der Waals surface area contributed by atoms with Crippen LogP contribution in [0.2, 0.25) is 0 Å². The summed E-state index contributed by atoms with van der Waals surface area (Å²) >= 11 is 0. The number of nitrogens with one attached hydrogen (secondary N) is 1. The molecule has 1 saturated heterocycles. The molecular weight excluding hydrogens is 390 g/mol. The van der Waals surface area contributed by atoms with Crippen molar-refractivity contribution in [1.82, 2.24) is 25.0 Å². The summed E-state index contributed by atoms with van der Waals surface area (Å²) < 4.78 is 7.66. The Morgan fingerprint density at radius 3 is 2.58 bits per heavy atom. The molecular formula is C24H31N5O2. The van der Waals surface area contributed by atoms with Crippen molar-refractivity contribution < 1.29 is 9.53 Å². The molecule has 0 spiro atoms. The summed E-state index contributed by atoms with van der Waals surface area (Å²) in [6.07, 6.45) is 2.18. The molecule has 2 atom stereocenters. The van der Waals surface area contributed by atoms with Crippen LogP contribution in [0.5, 0.6) is 0 Å². The number of hydrogen-bond donors (Lipinski definition) is 1. The molecule has 1 N–H and O–H groups in total. The van der Waals surface area contributed by atoms with Crippen LogP contribution >= 0.6 is 0 Å². The predicted octanol–water partition coefficient (Wildman–Crippen LogP) is 3.52. The monoisotopic (exact) mass is 421 g/mol. The Hall–Kier alpha value is -2.77. The highest BCUT2D eigenvalue weighted by atomic mass is 16.5. The lowest BCUT2D eigenvalue weighted by atomic mass is 10.1. The molecule has 1 aliphatic heterocycles. The molecule has 1 fully saturated rings. The lowest BCUT2D eigenvalue weighted by Crippen LogP contribution is -2.47. The Morgan fingerprint density at radius 2 is 1.90 bits per heavy atom. The van der Waals surface area contributed by atoms with Crippen molar-refractivity contribution in [2.24, 2.45) is 0 Å². The molecule has 3 aromatic rings. The molecule has 4 rings (SSSR count). The van der Waals surface area contributed by atoms with Crippen molar-refractivity contribution in [3.8, 4) is 11.3 Å². The smallest absolute Gasteiger partial charge is 0.252 e. The molecule has 7 heteroatoms. The number of rotatable bonds is 6. The fourth-order valence-corrected chi connectivity index (χ4v) is 4.23. The van der Waals surface area contributed by atoms with Crippen LogP contribution in [0.25, 0.3) is 22.3 Å².